The molecule has 2 heterocycles. The predicted octanol–water partition coefficient (Wildman–Crippen LogP) is 5.88. The average Bonchev–Trinajstić information content (AvgIpc) is 3.60. The van der Waals surface area contributed by atoms with Crippen molar-refractivity contribution in [2.75, 3.05) is 12.4 Å². The first kappa shape index (κ1) is 26.6. The molecular formula is C30H25F3N5O2+. The van der Waals surface area contributed by atoms with Crippen LogP contribution in [0.5, 0.6) is 5.75 Å². The van der Waals surface area contributed by atoms with E-state index in [4.69, 9.17) is 4.74 Å². The topological polar surface area (TPSA) is 75.2 Å². The molecule has 5 rings (SSSR count). The first-order valence-corrected chi connectivity index (χ1v) is 12.5. The minimum atomic E-state index is -4.56. The van der Waals surface area contributed by atoms with Gasteiger partial charge in [-0.2, -0.15) is 23.3 Å². The van der Waals surface area contributed by atoms with Crippen LogP contribution < -0.4 is 15.0 Å². The van der Waals surface area contributed by atoms with Crippen molar-refractivity contribution in [3.05, 3.63) is 108 Å². The number of ether oxygens (including phenoxy) is 1. The van der Waals surface area contributed by atoms with Crippen LogP contribution in [0.25, 0.3) is 22.6 Å². The van der Waals surface area contributed by atoms with Crippen molar-refractivity contribution in [1.29, 1.82) is 0 Å². The second-order valence-corrected chi connectivity index (χ2v) is 9.07. The largest absolute Gasteiger partial charge is 0.495 e. The highest BCUT2D eigenvalue weighted by atomic mass is 19.4. The third-order valence-electron chi connectivity index (χ3n) is 6.52. The van der Waals surface area contributed by atoms with Crippen molar-refractivity contribution in [3.63, 3.8) is 0 Å². The summed E-state index contributed by atoms with van der Waals surface area (Å²) in [6.45, 7) is 3.93. The lowest BCUT2D eigenvalue weighted by Crippen LogP contribution is -2.14. The number of alkyl halides is 3. The van der Waals surface area contributed by atoms with E-state index in [1.165, 1.54) is 13.2 Å². The Balaban J connectivity index is 1.44. The van der Waals surface area contributed by atoms with Gasteiger partial charge in [-0.15, -0.1) is 4.57 Å². The van der Waals surface area contributed by atoms with E-state index < -0.39 is 17.6 Å². The van der Waals surface area contributed by atoms with Gasteiger partial charge in [0, 0.05) is 5.56 Å². The molecule has 5 aromatic rings. The van der Waals surface area contributed by atoms with E-state index in [9.17, 15) is 18.0 Å². The number of benzene rings is 3. The van der Waals surface area contributed by atoms with E-state index in [2.05, 4.69) is 21.7 Å². The van der Waals surface area contributed by atoms with E-state index in [1.807, 2.05) is 55.1 Å². The van der Waals surface area contributed by atoms with Crippen molar-refractivity contribution in [1.82, 2.24) is 14.3 Å². The van der Waals surface area contributed by atoms with E-state index >= 15 is 0 Å². The average molecular weight is 545 g/mol. The summed E-state index contributed by atoms with van der Waals surface area (Å²) in [5.41, 5.74) is 4.24. The summed E-state index contributed by atoms with van der Waals surface area (Å²) in [6.07, 6.45) is 2.72. The second kappa shape index (κ2) is 10.6. The van der Waals surface area contributed by atoms with Gasteiger partial charge in [0.05, 0.1) is 41.5 Å². The van der Waals surface area contributed by atoms with Crippen molar-refractivity contribution in [2.24, 2.45) is 0 Å². The van der Waals surface area contributed by atoms with Crippen LogP contribution >= 0.6 is 0 Å². The van der Waals surface area contributed by atoms with Gasteiger partial charge in [-0.3, -0.25) is 4.79 Å². The molecule has 40 heavy (non-hydrogen) atoms. The van der Waals surface area contributed by atoms with Crippen LogP contribution in [0.4, 0.5) is 18.9 Å². The number of nitrogens with zero attached hydrogens (tertiary/aromatic N) is 4. The van der Waals surface area contributed by atoms with Crippen LogP contribution in [0.1, 0.15) is 34.1 Å². The fourth-order valence-electron chi connectivity index (χ4n) is 4.45. The van der Waals surface area contributed by atoms with Gasteiger partial charge in [-0.1, -0.05) is 31.2 Å². The Kier molecular flexibility index (Phi) is 7.05. The Morgan fingerprint density at radius 3 is 2.58 bits per heavy atom. The van der Waals surface area contributed by atoms with Gasteiger partial charge in [-0.25, -0.2) is 4.68 Å². The number of aromatic nitrogens is 4. The first-order valence-electron chi connectivity index (χ1n) is 12.5. The molecule has 0 atom stereocenters. The smallest absolute Gasteiger partial charge is 0.416 e. The molecule has 3 aromatic carbocycles. The summed E-state index contributed by atoms with van der Waals surface area (Å²) in [4.78, 5) is 17.6. The molecule has 0 fully saturated rings. The second-order valence-electron chi connectivity index (χ2n) is 9.07. The number of carbonyl (C=O) groups is 1. The Morgan fingerprint density at radius 2 is 1.88 bits per heavy atom. The number of methoxy groups -OCH3 is 1. The van der Waals surface area contributed by atoms with Crippen LogP contribution in [0.15, 0.2) is 79.1 Å². The highest BCUT2D eigenvalue weighted by Crippen LogP contribution is 2.35. The summed E-state index contributed by atoms with van der Waals surface area (Å²) < 4.78 is 48.4. The number of rotatable bonds is 7. The van der Waals surface area contributed by atoms with Crippen LogP contribution in [-0.4, -0.2) is 27.4 Å². The van der Waals surface area contributed by atoms with Crippen LogP contribution in [-0.2, 0) is 12.6 Å². The van der Waals surface area contributed by atoms with Gasteiger partial charge in [0.1, 0.15) is 11.4 Å². The highest BCUT2D eigenvalue weighted by molar-refractivity contribution is 6.05. The molecule has 0 aliphatic carbocycles. The number of carbonyl (C=O) groups excluding carboxylic acids is 1. The Hall–Kier alpha value is -5.04. The number of anilines is 1. The number of halogens is 3. The highest BCUT2D eigenvalue weighted by Gasteiger charge is 2.31. The van der Waals surface area contributed by atoms with E-state index in [-0.39, 0.29) is 17.0 Å². The quantitative estimate of drug-likeness (QED) is 0.278. The minimum absolute atomic E-state index is 0.0801. The Bertz CT molecular complexity index is 1670. The molecule has 202 valence electrons. The van der Waals surface area contributed by atoms with Crippen molar-refractivity contribution in [2.45, 2.75) is 26.4 Å². The zero-order valence-electron chi connectivity index (χ0n) is 22.0. The van der Waals surface area contributed by atoms with E-state index in [0.717, 1.165) is 41.1 Å². The first-order chi connectivity index (χ1) is 19.2. The summed E-state index contributed by atoms with van der Waals surface area (Å²) in [7, 11) is 1.32. The molecule has 10 heteroatoms. The standard InChI is InChI=1S/C30H24F3N5O2/c1-4-26-23(16-35-38(26)22-8-6-5-7-9-22)25-17-37(18-34-25)27-14-20(11-10-19(27)2)29(39)36-24-15-21(30(31,32)33)12-13-28(24)40-3/h5-17H,4H2,1-3H3/p+1. The molecule has 0 saturated carbocycles. The molecule has 7 nitrogen and oxygen atoms in total. The van der Waals surface area contributed by atoms with Gasteiger partial charge in [0.2, 0.25) is 0 Å². The molecule has 0 aliphatic rings. The molecule has 0 aliphatic heterocycles. The van der Waals surface area contributed by atoms with E-state index in [0.29, 0.717) is 11.4 Å². The lowest BCUT2D eigenvalue weighted by Gasteiger charge is -2.14. The maximum absolute atomic E-state index is 13.2. The maximum Gasteiger partial charge on any atom is 0.416 e. The molecule has 0 saturated heterocycles. The number of hydrogen-bond donors (Lipinski definition) is 1. The summed E-state index contributed by atoms with van der Waals surface area (Å²) in [5, 5.41) is 7.11. The number of para-hydroxylation sites is 1. The van der Waals surface area contributed by atoms with Crippen molar-refractivity contribution in [3.8, 4) is 28.4 Å². The monoisotopic (exact) mass is 544 g/mol. The lowest BCUT2D eigenvalue weighted by atomic mass is 10.1. The van der Waals surface area contributed by atoms with Crippen LogP contribution in [0.2, 0.25) is 0 Å². The zero-order chi connectivity index (χ0) is 28.4. The van der Waals surface area contributed by atoms with Gasteiger partial charge in [0.15, 0.2) is 6.20 Å². The molecule has 1 amide bonds. The maximum atomic E-state index is 13.2. The zero-order valence-corrected chi connectivity index (χ0v) is 22.0. The number of amides is 1. The normalized spacial score (nSPS) is 11.2. The molecule has 0 unspecified atom stereocenters. The molecule has 2 aromatic heterocycles. The number of nitrogens with one attached hydrogen (secondary N) is 1. The van der Waals surface area contributed by atoms with Crippen LogP contribution in [0.3, 0.4) is 0 Å². The fourth-order valence-corrected chi connectivity index (χ4v) is 4.45. The molecule has 0 radical (unpaired) electrons. The predicted molar refractivity (Wildman–Crippen MR) is 143 cm³/mol. The van der Waals surface area contributed by atoms with Gasteiger partial charge in [-0.05, 0) is 61.4 Å². The van der Waals surface area contributed by atoms with Crippen LogP contribution in [0, 0.1) is 13.3 Å². The minimum Gasteiger partial charge on any atom is -0.495 e. The third kappa shape index (κ3) is 5.14. The molecule has 0 bridgehead atoms. The van der Waals surface area contributed by atoms with Gasteiger partial charge in [0.25, 0.3) is 11.6 Å². The Morgan fingerprint density at radius 1 is 1.10 bits per heavy atom. The Labute approximate surface area is 228 Å². The summed E-state index contributed by atoms with van der Waals surface area (Å²) in [5.74, 6) is -0.472. The summed E-state index contributed by atoms with van der Waals surface area (Å²) >= 11 is 0. The lowest BCUT2D eigenvalue weighted by molar-refractivity contribution is -0.278. The van der Waals surface area contributed by atoms with E-state index in [1.54, 1.807) is 29.0 Å². The molecule has 1 N–H and O–H groups in total. The fraction of sp³-hybridized carbons (Fsp3) is 0.167. The SMILES string of the molecule is CCc1c(-c2cn(-c3cc(C(=O)Nc4cc(C(F)(F)F)ccc4OC)ccc3C)c#[n+]2)cnn1-c1ccccc1. The third-order valence-corrected chi connectivity index (χ3v) is 6.52. The molecular weight excluding hydrogens is 519 g/mol. The van der Waals surface area contributed by atoms with Crippen molar-refractivity contribution < 1.29 is 27.7 Å². The number of aryl methyl sites for hydroxylation is 1. The van der Waals surface area contributed by atoms with Crippen molar-refractivity contribution >= 4 is 11.6 Å². The number of hydrogen-bond acceptors (Lipinski definition) is 3. The van der Waals surface area contributed by atoms with Gasteiger partial charge < -0.3 is 10.1 Å². The molecule has 0 spiro atoms. The van der Waals surface area contributed by atoms with Gasteiger partial charge >= 0.3 is 12.5 Å². The summed E-state index contributed by atoms with van der Waals surface area (Å²) in [6, 6.07) is 17.7.